The molecule has 0 aliphatic heterocycles. The lowest BCUT2D eigenvalue weighted by atomic mass is 9.84. The number of carbonyl (C=O) groups excluding carboxylic acids is 3. The van der Waals surface area contributed by atoms with E-state index >= 15 is 0 Å². The smallest absolute Gasteiger partial charge is 0.355 e. The third kappa shape index (κ3) is 3.69. The molecule has 0 radical (unpaired) electrons. The van der Waals surface area contributed by atoms with Crippen molar-refractivity contribution in [1.29, 1.82) is 0 Å². The van der Waals surface area contributed by atoms with Crippen LogP contribution < -0.4 is 0 Å². The van der Waals surface area contributed by atoms with Gasteiger partial charge in [0.25, 0.3) is 0 Å². The van der Waals surface area contributed by atoms with E-state index in [2.05, 4.69) is 0 Å². The first-order chi connectivity index (χ1) is 12.2. The normalized spacial score (nSPS) is 14.3. The van der Waals surface area contributed by atoms with Crippen molar-refractivity contribution in [3.05, 3.63) is 22.5 Å². The number of aromatic nitrogens is 1. The molecule has 0 saturated heterocycles. The molecule has 0 unspecified atom stereocenters. The quantitative estimate of drug-likeness (QED) is 0.552. The van der Waals surface area contributed by atoms with E-state index in [1.165, 1.54) is 0 Å². The topological polar surface area (TPSA) is 68.6 Å². The number of Topliss-reactive ketones (excluding diaryl/α,β-unsaturated/α-hetero) is 1. The Balaban J connectivity index is 2.29. The molecule has 1 heterocycles. The molecule has 1 fully saturated rings. The lowest BCUT2D eigenvalue weighted by Gasteiger charge is -2.33. The Kier molecular flexibility index (Phi) is 6.26. The SMILES string of the molecule is CCOC(=O)c1c(C)c(C(=O)CN(C(=O)C2CCC2)C(C)C)c(C)n1C. The van der Waals surface area contributed by atoms with Gasteiger partial charge in [-0.25, -0.2) is 4.79 Å². The van der Waals surface area contributed by atoms with Gasteiger partial charge in [0.15, 0.2) is 5.78 Å². The summed E-state index contributed by atoms with van der Waals surface area (Å²) in [6.07, 6.45) is 2.90. The molecular formula is C20H30N2O4. The number of nitrogens with zero attached hydrogens (tertiary/aromatic N) is 2. The molecule has 26 heavy (non-hydrogen) atoms. The summed E-state index contributed by atoms with van der Waals surface area (Å²) in [4.78, 5) is 39.6. The van der Waals surface area contributed by atoms with E-state index < -0.39 is 5.97 Å². The third-order valence-electron chi connectivity index (χ3n) is 5.35. The molecule has 6 heteroatoms. The predicted octanol–water partition coefficient (Wildman–Crippen LogP) is 3.04. The predicted molar refractivity (Wildman–Crippen MR) is 99.4 cm³/mol. The van der Waals surface area contributed by atoms with Gasteiger partial charge >= 0.3 is 5.97 Å². The van der Waals surface area contributed by atoms with E-state index in [9.17, 15) is 14.4 Å². The first-order valence-corrected chi connectivity index (χ1v) is 9.37. The van der Waals surface area contributed by atoms with Gasteiger partial charge in [-0.15, -0.1) is 0 Å². The highest BCUT2D eigenvalue weighted by Gasteiger charge is 2.33. The van der Waals surface area contributed by atoms with Gasteiger partial charge in [0.05, 0.1) is 13.2 Å². The van der Waals surface area contributed by atoms with Crippen LogP contribution in [0.5, 0.6) is 0 Å². The summed E-state index contributed by atoms with van der Waals surface area (Å²) in [7, 11) is 1.76. The Labute approximate surface area is 155 Å². The van der Waals surface area contributed by atoms with Crippen molar-refractivity contribution in [2.45, 2.75) is 59.9 Å². The van der Waals surface area contributed by atoms with Gasteiger partial charge in [-0.3, -0.25) is 9.59 Å². The van der Waals surface area contributed by atoms with Crippen molar-refractivity contribution in [2.75, 3.05) is 13.2 Å². The molecule has 0 atom stereocenters. The third-order valence-corrected chi connectivity index (χ3v) is 5.35. The van der Waals surface area contributed by atoms with Crippen molar-refractivity contribution in [3.8, 4) is 0 Å². The van der Waals surface area contributed by atoms with Crippen molar-refractivity contribution >= 4 is 17.7 Å². The molecule has 0 bridgehead atoms. The minimum atomic E-state index is -0.430. The summed E-state index contributed by atoms with van der Waals surface area (Å²) in [5.74, 6) is -0.442. The van der Waals surface area contributed by atoms with Crippen LogP contribution in [0.2, 0.25) is 0 Å². The molecular weight excluding hydrogens is 332 g/mol. The summed E-state index contributed by atoms with van der Waals surface area (Å²) in [6.45, 7) is 9.51. The Bertz CT molecular complexity index is 714. The fourth-order valence-corrected chi connectivity index (χ4v) is 3.52. The standard InChI is InChI=1S/C20H30N2O4/c1-7-26-20(25)18-13(4)17(14(5)21(18)6)16(23)11-22(12(2)3)19(24)15-9-8-10-15/h12,15H,7-11H2,1-6H3. The molecule has 144 valence electrons. The number of hydrogen-bond donors (Lipinski definition) is 0. The van der Waals surface area contributed by atoms with Crippen molar-refractivity contribution in [2.24, 2.45) is 13.0 Å². The average Bonchev–Trinajstić information content (AvgIpc) is 2.72. The number of ketones is 1. The van der Waals surface area contributed by atoms with Crippen molar-refractivity contribution in [1.82, 2.24) is 9.47 Å². The van der Waals surface area contributed by atoms with Crippen LogP contribution in [0, 0.1) is 19.8 Å². The Morgan fingerprint density at radius 3 is 2.31 bits per heavy atom. The van der Waals surface area contributed by atoms with E-state index in [-0.39, 0.29) is 36.8 Å². The van der Waals surface area contributed by atoms with E-state index in [1.807, 2.05) is 20.8 Å². The maximum atomic E-state index is 13.0. The van der Waals surface area contributed by atoms with Crippen LogP contribution in [-0.4, -0.2) is 46.3 Å². The molecule has 0 N–H and O–H groups in total. The number of carbonyl (C=O) groups is 3. The molecule has 1 saturated carbocycles. The van der Waals surface area contributed by atoms with Crippen LogP contribution in [0.1, 0.15) is 72.1 Å². The van der Waals surface area contributed by atoms with E-state index in [0.29, 0.717) is 16.8 Å². The van der Waals surface area contributed by atoms with Crippen LogP contribution >= 0.6 is 0 Å². The van der Waals surface area contributed by atoms with Crippen LogP contribution in [0.15, 0.2) is 0 Å². The van der Waals surface area contributed by atoms with Gasteiger partial charge in [-0.2, -0.15) is 0 Å². The Hall–Kier alpha value is -2.11. The highest BCUT2D eigenvalue weighted by Crippen LogP contribution is 2.29. The van der Waals surface area contributed by atoms with E-state index in [4.69, 9.17) is 4.74 Å². The fraction of sp³-hybridized carbons (Fsp3) is 0.650. The zero-order chi connectivity index (χ0) is 19.6. The van der Waals surface area contributed by atoms with Gasteiger partial charge in [-0.05, 0) is 53.0 Å². The van der Waals surface area contributed by atoms with Crippen LogP contribution in [-0.2, 0) is 16.6 Å². The van der Waals surface area contributed by atoms with Gasteiger partial charge in [0.1, 0.15) is 5.69 Å². The molecule has 1 amide bonds. The van der Waals surface area contributed by atoms with Gasteiger partial charge < -0.3 is 14.2 Å². The number of esters is 1. The lowest BCUT2D eigenvalue weighted by Crippen LogP contribution is -2.45. The van der Waals surface area contributed by atoms with Crippen LogP contribution in [0.25, 0.3) is 0 Å². The molecule has 0 aromatic carbocycles. The van der Waals surface area contributed by atoms with Crippen molar-refractivity contribution in [3.63, 3.8) is 0 Å². The summed E-state index contributed by atoms with van der Waals surface area (Å²) >= 11 is 0. The fourth-order valence-electron chi connectivity index (χ4n) is 3.52. The summed E-state index contributed by atoms with van der Waals surface area (Å²) in [5, 5.41) is 0. The molecule has 6 nitrogen and oxygen atoms in total. The Morgan fingerprint density at radius 2 is 1.85 bits per heavy atom. The second-order valence-electron chi connectivity index (χ2n) is 7.32. The highest BCUT2D eigenvalue weighted by atomic mass is 16.5. The summed E-state index contributed by atoms with van der Waals surface area (Å²) in [6, 6.07) is -0.0408. The first kappa shape index (κ1) is 20.2. The molecule has 2 rings (SSSR count). The van der Waals surface area contributed by atoms with Crippen LogP contribution in [0.4, 0.5) is 0 Å². The number of ether oxygens (including phenoxy) is 1. The maximum Gasteiger partial charge on any atom is 0.355 e. The minimum absolute atomic E-state index is 0.0408. The van der Waals surface area contributed by atoms with Gasteiger partial charge in [0.2, 0.25) is 5.91 Å². The zero-order valence-corrected chi connectivity index (χ0v) is 16.7. The monoisotopic (exact) mass is 362 g/mol. The van der Waals surface area contributed by atoms with Gasteiger partial charge in [0, 0.05) is 30.3 Å². The summed E-state index contributed by atoms with van der Waals surface area (Å²) < 4.78 is 6.82. The van der Waals surface area contributed by atoms with Crippen molar-refractivity contribution < 1.29 is 19.1 Å². The van der Waals surface area contributed by atoms with E-state index in [0.717, 1.165) is 25.0 Å². The van der Waals surface area contributed by atoms with Gasteiger partial charge in [-0.1, -0.05) is 6.42 Å². The first-order valence-electron chi connectivity index (χ1n) is 9.37. The molecule has 1 aliphatic carbocycles. The Morgan fingerprint density at radius 1 is 1.23 bits per heavy atom. The average molecular weight is 362 g/mol. The number of amides is 1. The second kappa shape index (κ2) is 8.06. The summed E-state index contributed by atoms with van der Waals surface area (Å²) in [5.41, 5.74) is 2.25. The second-order valence-corrected chi connectivity index (χ2v) is 7.32. The maximum absolute atomic E-state index is 13.0. The minimum Gasteiger partial charge on any atom is -0.461 e. The largest absolute Gasteiger partial charge is 0.461 e. The van der Waals surface area contributed by atoms with E-state index in [1.54, 1.807) is 30.4 Å². The highest BCUT2D eigenvalue weighted by molar-refractivity contribution is 6.04. The number of rotatable bonds is 7. The lowest BCUT2D eigenvalue weighted by molar-refractivity contribution is -0.139. The zero-order valence-electron chi connectivity index (χ0n) is 16.7. The number of hydrogen-bond acceptors (Lipinski definition) is 4. The molecule has 1 aromatic heterocycles. The molecule has 1 aromatic rings. The van der Waals surface area contributed by atoms with Crippen LogP contribution in [0.3, 0.4) is 0 Å². The molecule has 1 aliphatic rings. The molecule has 0 spiro atoms.